The van der Waals surface area contributed by atoms with Gasteiger partial charge in [-0.15, -0.1) is 0 Å². The summed E-state index contributed by atoms with van der Waals surface area (Å²) in [5.74, 6) is -0.377. The van der Waals surface area contributed by atoms with Gasteiger partial charge in [-0.05, 0) is 49.7 Å². The first-order valence-electron chi connectivity index (χ1n) is 8.21. The van der Waals surface area contributed by atoms with Crippen LogP contribution in [0.5, 0.6) is 0 Å². The van der Waals surface area contributed by atoms with Crippen molar-refractivity contribution in [2.45, 2.75) is 36.2 Å². The minimum absolute atomic E-state index is 0.103. The Morgan fingerprint density at radius 2 is 1.92 bits per heavy atom. The van der Waals surface area contributed by atoms with Crippen LogP contribution in [0.1, 0.15) is 30.6 Å². The van der Waals surface area contributed by atoms with E-state index in [1.165, 1.54) is 23.9 Å². The van der Waals surface area contributed by atoms with E-state index in [0.717, 1.165) is 22.2 Å². The molecule has 0 radical (unpaired) electrons. The Labute approximate surface area is 150 Å². The summed E-state index contributed by atoms with van der Waals surface area (Å²) in [6.45, 7) is 4.01. The zero-order chi connectivity index (χ0) is 17.8. The van der Waals surface area contributed by atoms with Crippen molar-refractivity contribution in [2.75, 3.05) is 0 Å². The Morgan fingerprint density at radius 3 is 2.64 bits per heavy atom. The highest BCUT2D eigenvalue weighted by atomic mass is 32.2. The van der Waals surface area contributed by atoms with Crippen LogP contribution in [0.4, 0.5) is 4.39 Å². The minimum Gasteiger partial charge on any atom is -0.350 e. The van der Waals surface area contributed by atoms with Crippen LogP contribution < -0.4 is 5.32 Å². The third-order valence-electron chi connectivity index (χ3n) is 3.96. The molecule has 0 aliphatic rings. The van der Waals surface area contributed by atoms with Crippen LogP contribution >= 0.6 is 11.8 Å². The van der Waals surface area contributed by atoms with Crippen molar-refractivity contribution in [3.8, 4) is 0 Å². The van der Waals surface area contributed by atoms with E-state index in [1.807, 2.05) is 38.1 Å². The molecular weight excluding hydrogens is 335 g/mol. The molecule has 1 atom stereocenters. The van der Waals surface area contributed by atoms with E-state index in [9.17, 15) is 9.18 Å². The van der Waals surface area contributed by atoms with Gasteiger partial charge >= 0.3 is 0 Å². The van der Waals surface area contributed by atoms with E-state index in [2.05, 4.69) is 10.3 Å². The van der Waals surface area contributed by atoms with Gasteiger partial charge in [0.1, 0.15) is 10.8 Å². The molecule has 3 aromatic rings. The average Bonchev–Trinajstić information content (AvgIpc) is 2.62. The lowest BCUT2D eigenvalue weighted by atomic mass is 10.1. The van der Waals surface area contributed by atoms with Crippen molar-refractivity contribution in [3.05, 3.63) is 66.0 Å². The molecule has 0 aliphatic carbocycles. The molecule has 0 saturated heterocycles. The molecule has 0 fully saturated rings. The van der Waals surface area contributed by atoms with Gasteiger partial charge in [-0.3, -0.25) is 4.79 Å². The standard InChI is InChI=1S/C20H19FN2OS/c1-3-13(2)22-20(24)17-12-19(23-18-7-5-4-6-16(17)18)25-15-10-8-14(21)9-11-15/h4-13H,3H2,1-2H3,(H,22,24). The van der Waals surface area contributed by atoms with E-state index in [4.69, 9.17) is 0 Å². The summed E-state index contributed by atoms with van der Waals surface area (Å²) in [5, 5.41) is 4.54. The van der Waals surface area contributed by atoms with Crippen LogP contribution in [0.25, 0.3) is 10.9 Å². The Hall–Kier alpha value is -2.40. The number of nitrogens with zero attached hydrogens (tertiary/aromatic N) is 1. The Bertz CT molecular complexity index is 896. The van der Waals surface area contributed by atoms with Crippen LogP contribution in [0.3, 0.4) is 0 Å². The lowest BCUT2D eigenvalue weighted by Gasteiger charge is -2.14. The molecule has 1 heterocycles. The lowest BCUT2D eigenvalue weighted by molar-refractivity contribution is 0.0940. The van der Waals surface area contributed by atoms with Crippen molar-refractivity contribution in [2.24, 2.45) is 0 Å². The third-order valence-corrected chi connectivity index (χ3v) is 4.89. The van der Waals surface area contributed by atoms with E-state index in [0.29, 0.717) is 10.6 Å². The maximum atomic E-state index is 13.1. The van der Waals surface area contributed by atoms with E-state index >= 15 is 0 Å². The Morgan fingerprint density at radius 1 is 1.20 bits per heavy atom. The highest BCUT2D eigenvalue weighted by Gasteiger charge is 2.15. The normalized spacial score (nSPS) is 12.1. The number of pyridine rings is 1. The number of carbonyl (C=O) groups is 1. The lowest BCUT2D eigenvalue weighted by Crippen LogP contribution is -2.32. The third kappa shape index (κ3) is 4.17. The molecule has 0 spiro atoms. The highest BCUT2D eigenvalue weighted by molar-refractivity contribution is 7.99. The second kappa shape index (κ2) is 7.66. The summed E-state index contributed by atoms with van der Waals surface area (Å²) < 4.78 is 13.1. The topological polar surface area (TPSA) is 42.0 Å². The SMILES string of the molecule is CCC(C)NC(=O)c1cc(Sc2ccc(F)cc2)nc2ccccc12. The molecule has 1 N–H and O–H groups in total. The number of para-hydroxylation sites is 1. The fraction of sp³-hybridized carbons (Fsp3) is 0.200. The van der Waals surface area contributed by atoms with Crippen molar-refractivity contribution in [1.29, 1.82) is 0 Å². The van der Waals surface area contributed by atoms with Gasteiger partial charge in [0.15, 0.2) is 0 Å². The van der Waals surface area contributed by atoms with E-state index in [-0.39, 0.29) is 17.8 Å². The zero-order valence-electron chi connectivity index (χ0n) is 14.1. The smallest absolute Gasteiger partial charge is 0.252 e. The van der Waals surface area contributed by atoms with Gasteiger partial charge in [0.2, 0.25) is 0 Å². The largest absolute Gasteiger partial charge is 0.350 e. The Kier molecular flexibility index (Phi) is 5.34. The zero-order valence-corrected chi connectivity index (χ0v) is 14.9. The number of hydrogen-bond donors (Lipinski definition) is 1. The molecule has 3 nitrogen and oxygen atoms in total. The quantitative estimate of drug-likeness (QED) is 0.697. The van der Waals surface area contributed by atoms with Crippen molar-refractivity contribution in [1.82, 2.24) is 10.3 Å². The fourth-order valence-electron chi connectivity index (χ4n) is 2.42. The molecule has 1 aromatic heterocycles. The number of hydrogen-bond acceptors (Lipinski definition) is 3. The minimum atomic E-state index is -0.274. The second-order valence-electron chi connectivity index (χ2n) is 5.86. The fourth-order valence-corrected chi connectivity index (χ4v) is 3.25. The monoisotopic (exact) mass is 354 g/mol. The summed E-state index contributed by atoms with van der Waals surface area (Å²) >= 11 is 1.41. The number of aromatic nitrogens is 1. The molecule has 0 aliphatic heterocycles. The highest BCUT2D eigenvalue weighted by Crippen LogP contribution is 2.30. The summed E-state index contributed by atoms with van der Waals surface area (Å²) in [6, 6.07) is 15.7. The van der Waals surface area contributed by atoms with Gasteiger partial charge in [-0.1, -0.05) is 36.9 Å². The number of amides is 1. The first kappa shape index (κ1) is 17.4. The van der Waals surface area contributed by atoms with Crippen molar-refractivity contribution < 1.29 is 9.18 Å². The van der Waals surface area contributed by atoms with Gasteiger partial charge in [-0.25, -0.2) is 9.37 Å². The van der Waals surface area contributed by atoms with Crippen LogP contribution in [0.2, 0.25) is 0 Å². The molecule has 1 unspecified atom stereocenters. The molecule has 5 heteroatoms. The predicted molar refractivity (Wildman–Crippen MR) is 99.5 cm³/mol. The number of halogens is 1. The summed E-state index contributed by atoms with van der Waals surface area (Å²) in [6.07, 6.45) is 0.867. The van der Waals surface area contributed by atoms with Gasteiger partial charge < -0.3 is 5.32 Å². The maximum Gasteiger partial charge on any atom is 0.252 e. The Balaban J connectivity index is 1.99. The second-order valence-corrected chi connectivity index (χ2v) is 6.96. The molecule has 25 heavy (non-hydrogen) atoms. The van der Waals surface area contributed by atoms with E-state index in [1.54, 1.807) is 18.2 Å². The van der Waals surface area contributed by atoms with E-state index < -0.39 is 0 Å². The van der Waals surface area contributed by atoms with Crippen molar-refractivity contribution in [3.63, 3.8) is 0 Å². The summed E-state index contributed by atoms with van der Waals surface area (Å²) in [5.41, 5.74) is 1.37. The van der Waals surface area contributed by atoms with Crippen LogP contribution in [-0.4, -0.2) is 16.9 Å². The van der Waals surface area contributed by atoms with Gasteiger partial charge in [0.25, 0.3) is 5.91 Å². The van der Waals surface area contributed by atoms with Gasteiger partial charge in [-0.2, -0.15) is 0 Å². The van der Waals surface area contributed by atoms with Crippen LogP contribution in [0.15, 0.2) is 64.5 Å². The number of fused-ring (bicyclic) bond motifs is 1. The molecular formula is C20H19FN2OS. The molecule has 1 amide bonds. The van der Waals surface area contributed by atoms with Crippen molar-refractivity contribution >= 4 is 28.6 Å². The number of carbonyl (C=O) groups excluding carboxylic acids is 1. The number of rotatable bonds is 5. The summed E-state index contributed by atoms with van der Waals surface area (Å²) in [7, 11) is 0. The predicted octanol–water partition coefficient (Wildman–Crippen LogP) is 5.05. The molecule has 0 bridgehead atoms. The summed E-state index contributed by atoms with van der Waals surface area (Å²) in [4.78, 5) is 18.2. The average molecular weight is 354 g/mol. The van der Waals surface area contributed by atoms with Gasteiger partial charge in [0.05, 0.1) is 11.1 Å². The maximum absolute atomic E-state index is 13.1. The van der Waals surface area contributed by atoms with Gasteiger partial charge in [0, 0.05) is 16.3 Å². The molecule has 0 saturated carbocycles. The number of nitrogens with one attached hydrogen (secondary N) is 1. The molecule has 128 valence electrons. The van der Waals surface area contributed by atoms with Crippen LogP contribution in [0, 0.1) is 5.82 Å². The first-order valence-corrected chi connectivity index (χ1v) is 9.02. The van der Waals surface area contributed by atoms with Crippen LogP contribution in [-0.2, 0) is 0 Å². The first-order chi connectivity index (χ1) is 12.1. The number of benzene rings is 2. The molecule has 3 rings (SSSR count). The molecule has 2 aromatic carbocycles.